The third-order valence-corrected chi connectivity index (χ3v) is 3.25. The minimum Gasteiger partial charge on any atom is -0.370 e. The van der Waals surface area contributed by atoms with Crippen LogP contribution in [0.1, 0.15) is 32.9 Å². The first-order valence-electron chi connectivity index (χ1n) is 6.28. The van der Waals surface area contributed by atoms with E-state index in [9.17, 15) is 4.79 Å². The number of aromatic nitrogens is 4. The molecule has 2 aromatic rings. The summed E-state index contributed by atoms with van der Waals surface area (Å²) < 4.78 is 3.69. The van der Waals surface area contributed by atoms with E-state index in [1.807, 2.05) is 36.9 Å². The zero-order chi connectivity index (χ0) is 14.4. The van der Waals surface area contributed by atoms with E-state index >= 15 is 0 Å². The Morgan fingerprint density at radius 3 is 2.58 bits per heavy atom. The van der Waals surface area contributed by atoms with E-state index in [0.29, 0.717) is 12.5 Å². The number of imidazole rings is 1. The third kappa shape index (κ3) is 2.05. The predicted molar refractivity (Wildman–Crippen MR) is 73.5 cm³/mol. The molecule has 0 aliphatic carbocycles. The Bertz CT molecular complexity index is 636. The number of nitrogens with zero attached hydrogens (tertiary/aromatic N) is 4. The Hall–Kier alpha value is -2.05. The number of carbonyl (C=O) groups excluding carboxylic acids is 1. The summed E-state index contributed by atoms with van der Waals surface area (Å²) in [6.07, 6.45) is 0.191. The molecule has 7 heteroatoms. The van der Waals surface area contributed by atoms with Gasteiger partial charge in [0, 0.05) is 13.0 Å². The molecule has 4 N–H and O–H groups in total. The molecule has 0 saturated carbocycles. The Morgan fingerprint density at radius 1 is 1.42 bits per heavy atom. The molecule has 0 aromatic carbocycles. The molecule has 0 spiro atoms. The number of rotatable bonds is 4. The van der Waals surface area contributed by atoms with E-state index < -0.39 is 5.54 Å². The van der Waals surface area contributed by atoms with Crippen molar-refractivity contribution >= 4 is 23.0 Å². The smallest absolute Gasteiger partial charge is 0.219 e. The zero-order valence-electron chi connectivity index (χ0n) is 11.8. The van der Waals surface area contributed by atoms with Gasteiger partial charge < -0.3 is 11.5 Å². The van der Waals surface area contributed by atoms with Crippen LogP contribution >= 0.6 is 0 Å². The number of carbonyl (C=O) groups is 1. The fraction of sp³-hybridized carbons (Fsp3) is 0.583. The first-order chi connectivity index (χ1) is 8.77. The number of hydrogen-bond donors (Lipinski definition) is 2. The highest BCUT2D eigenvalue weighted by molar-refractivity contribution is 5.79. The summed E-state index contributed by atoms with van der Waals surface area (Å²) in [5.41, 5.74) is 13.2. The zero-order valence-corrected chi connectivity index (χ0v) is 11.8. The summed E-state index contributed by atoms with van der Waals surface area (Å²) in [5, 5.41) is 4.42. The largest absolute Gasteiger partial charge is 0.370 e. The maximum absolute atomic E-state index is 11.2. The van der Waals surface area contributed by atoms with Crippen LogP contribution in [0.5, 0.6) is 0 Å². The van der Waals surface area contributed by atoms with E-state index in [0.717, 1.165) is 16.9 Å². The number of amides is 1. The standard InChI is InChI=1S/C12H20N6O/c1-5-17-10-9(7(2)16-17)15-11(14)18(10)12(3,4)6-8(13)19/h5-6H2,1-4H3,(H2,13,19)(H2,14,15). The molecule has 0 atom stereocenters. The van der Waals surface area contributed by atoms with Gasteiger partial charge in [0.1, 0.15) is 5.52 Å². The summed E-state index contributed by atoms with van der Waals surface area (Å²) in [4.78, 5) is 15.6. The van der Waals surface area contributed by atoms with Crippen LogP contribution in [0.3, 0.4) is 0 Å². The van der Waals surface area contributed by atoms with Gasteiger partial charge in [0.25, 0.3) is 0 Å². The van der Waals surface area contributed by atoms with Gasteiger partial charge in [0.05, 0.1) is 11.2 Å². The average Bonchev–Trinajstić information content (AvgIpc) is 2.74. The van der Waals surface area contributed by atoms with Gasteiger partial charge in [-0.1, -0.05) is 0 Å². The Kier molecular flexibility index (Phi) is 3.00. The third-order valence-electron chi connectivity index (χ3n) is 3.25. The van der Waals surface area contributed by atoms with E-state index in [1.54, 1.807) is 0 Å². The highest BCUT2D eigenvalue weighted by atomic mass is 16.1. The number of hydrogen-bond acceptors (Lipinski definition) is 4. The normalized spacial score (nSPS) is 12.2. The molecule has 0 aliphatic heterocycles. The second-order valence-corrected chi connectivity index (χ2v) is 5.33. The minimum absolute atomic E-state index is 0.191. The molecule has 0 bridgehead atoms. The monoisotopic (exact) mass is 264 g/mol. The van der Waals surface area contributed by atoms with E-state index in [4.69, 9.17) is 11.5 Å². The van der Waals surface area contributed by atoms with Crippen LogP contribution in [0, 0.1) is 6.92 Å². The van der Waals surface area contributed by atoms with Crippen molar-refractivity contribution in [1.29, 1.82) is 0 Å². The van der Waals surface area contributed by atoms with Crippen LogP contribution in [0.25, 0.3) is 11.2 Å². The van der Waals surface area contributed by atoms with Crippen LogP contribution in [0.2, 0.25) is 0 Å². The number of fused-ring (bicyclic) bond motifs is 1. The van der Waals surface area contributed by atoms with Crippen LogP contribution < -0.4 is 11.5 Å². The van der Waals surface area contributed by atoms with Crippen molar-refractivity contribution < 1.29 is 4.79 Å². The molecule has 0 aliphatic rings. The molecule has 2 heterocycles. The van der Waals surface area contributed by atoms with Crippen LogP contribution in [0.4, 0.5) is 5.95 Å². The summed E-state index contributed by atoms with van der Waals surface area (Å²) in [6.45, 7) is 8.43. The van der Waals surface area contributed by atoms with Crippen molar-refractivity contribution in [1.82, 2.24) is 19.3 Å². The lowest BCUT2D eigenvalue weighted by Crippen LogP contribution is -2.33. The Morgan fingerprint density at radius 2 is 2.05 bits per heavy atom. The Labute approximate surface area is 111 Å². The Balaban J connectivity index is 2.71. The van der Waals surface area contributed by atoms with Crippen LogP contribution in [-0.4, -0.2) is 25.2 Å². The lowest BCUT2D eigenvalue weighted by atomic mass is 10.00. The lowest BCUT2D eigenvalue weighted by molar-refractivity contribution is -0.119. The number of nitrogen functional groups attached to an aromatic ring is 1. The quantitative estimate of drug-likeness (QED) is 0.850. The lowest BCUT2D eigenvalue weighted by Gasteiger charge is -2.27. The molecule has 2 rings (SSSR count). The average molecular weight is 264 g/mol. The van der Waals surface area contributed by atoms with Gasteiger partial charge in [-0.15, -0.1) is 0 Å². The molecule has 0 saturated heterocycles. The highest BCUT2D eigenvalue weighted by Gasteiger charge is 2.30. The van der Waals surface area contributed by atoms with Gasteiger partial charge in [-0.2, -0.15) is 5.10 Å². The molecule has 19 heavy (non-hydrogen) atoms. The maximum Gasteiger partial charge on any atom is 0.219 e. The molecule has 104 valence electrons. The fourth-order valence-corrected chi connectivity index (χ4v) is 2.51. The number of aryl methyl sites for hydroxylation is 2. The summed E-state index contributed by atoms with van der Waals surface area (Å²) in [7, 11) is 0. The highest BCUT2D eigenvalue weighted by Crippen LogP contribution is 2.30. The summed E-state index contributed by atoms with van der Waals surface area (Å²) in [6, 6.07) is 0. The van der Waals surface area contributed by atoms with Gasteiger partial charge in [-0.3, -0.25) is 9.36 Å². The second kappa shape index (κ2) is 4.25. The van der Waals surface area contributed by atoms with Crippen molar-refractivity contribution in [2.45, 2.75) is 46.2 Å². The molecule has 0 unspecified atom stereocenters. The molecular weight excluding hydrogens is 244 g/mol. The molecule has 1 amide bonds. The van der Waals surface area contributed by atoms with E-state index in [1.165, 1.54) is 0 Å². The van der Waals surface area contributed by atoms with Gasteiger partial charge in [0.15, 0.2) is 5.65 Å². The SMILES string of the molecule is CCn1nc(C)c2nc(N)n(C(C)(C)CC(N)=O)c21. The second-order valence-electron chi connectivity index (χ2n) is 5.33. The van der Waals surface area contributed by atoms with E-state index in [-0.39, 0.29) is 12.3 Å². The topological polar surface area (TPSA) is 105 Å². The molecule has 0 fully saturated rings. The number of anilines is 1. The van der Waals surface area contributed by atoms with Gasteiger partial charge in [0.2, 0.25) is 11.9 Å². The number of nitrogens with two attached hydrogens (primary N) is 2. The molecule has 7 nitrogen and oxygen atoms in total. The first kappa shape index (κ1) is 13.4. The van der Waals surface area contributed by atoms with Crippen molar-refractivity contribution in [3.05, 3.63) is 5.69 Å². The van der Waals surface area contributed by atoms with Crippen molar-refractivity contribution in [2.75, 3.05) is 5.73 Å². The minimum atomic E-state index is -0.538. The van der Waals surface area contributed by atoms with E-state index in [2.05, 4.69) is 10.1 Å². The molecule has 0 radical (unpaired) electrons. The summed E-state index contributed by atoms with van der Waals surface area (Å²) >= 11 is 0. The van der Waals surface area contributed by atoms with Crippen molar-refractivity contribution in [2.24, 2.45) is 5.73 Å². The van der Waals surface area contributed by atoms with Crippen molar-refractivity contribution in [3.63, 3.8) is 0 Å². The predicted octanol–water partition coefficient (Wildman–Crippen LogP) is 0.754. The molecular formula is C12H20N6O. The van der Waals surface area contributed by atoms with Crippen LogP contribution in [0.15, 0.2) is 0 Å². The fourth-order valence-electron chi connectivity index (χ4n) is 2.51. The van der Waals surface area contributed by atoms with Crippen LogP contribution in [-0.2, 0) is 16.9 Å². The van der Waals surface area contributed by atoms with Crippen molar-refractivity contribution in [3.8, 4) is 0 Å². The first-order valence-corrected chi connectivity index (χ1v) is 6.28. The maximum atomic E-state index is 11.2. The van der Waals surface area contributed by atoms with Gasteiger partial charge in [-0.05, 0) is 27.7 Å². The van der Waals surface area contributed by atoms with Gasteiger partial charge in [-0.25, -0.2) is 9.67 Å². The molecule has 2 aromatic heterocycles. The van der Waals surface area contributed by atoms with Gasteiger partial charge >= 0.3 is 0 Å². The summed E-state index contributed by atoms with van der Waals surface area (Å²) in [5.74, 6) is 0.00878. The number of primary amides is 1.